The molecule has 5 heteroatoms. The van der Waals surface area contributed by atoms with E-state index in [-0.39, 0.29) is 0 Å². The minimum atomic E-state index is -0.911. The molecule has 0 amide bonds. The van der Waals surface area contributed by atoms with Crippen molar-refractivity contribution in [3.05, 3.63) is 23.4 Å². The maximum Gasteiger partial charge on any atom is 0.339 e. The molecule has 2 N–H and O–H groups in total. The summed E-state index contributed by atoms with van der Waals surface area (Å²) in [7, 11) is 0. The van der Waals surface area contributed by atoms with E-state index in [0.29, 0.717) is 22.7 Å². The number of hydrogen-bond donors (Lipinski definition) is 2. The molecule has 19 heavy (non-hydrogen) atoms. The zero-order valence-electron chi connectivity index (χ0n) is 11.3. The fourth-order valence-electron chi connectivity index (χ4n) is 2.59. The lowest BCUT2D eigenvalue weighted by molar-refractivity contribution is 0.0697. The van der Waals surface area contributed by atoms with Crippen molar-refractivity contribution in [2.75, 3.05) is 11.1 Å². The maximum absolute atomic E-state index is 11.3. The topological polar surface area (TPSA) is 62.2 Å². The van der Waals surface area contributed by atoms with Gasteiger partial charge in [-0.25, -0.2) is 9.78 Å². The van der Waals surface area contributed by atoms with Crippen molar-refractivity contribution in [2.45, 2.75) is 44.4 Å². The number of pyridine rings is 1. The van der Waals surface area contributed by atoms with Gasteiger partial charge < -0.3 is 10.4 Å². The van der Waals surface area contributed by atoms with Gasteiger partial charge in [0.25, 0.3) is 0 Å². The Bertz CT molecular complexity index is 465. The zero-order chi connectivity index (χ0) is 13.8. The molecule has 4 nitrogen and oxygen atoms in total. The van der Waals surface area contributed by atoms with Gasteiger partial charge >= 0.3 is 5.97 Å². The highest BCUT2D eigenvalue weighted by atomic mass is 32.2. The summed E-state index contributed by atoms with van der Waals surface area (Å²) >= 11 is 1.99. The summed E-state index contributed by atoms with van der Waals surface area (Å²) in [6, 6.07) is 2.08. The number of thioether (sulfide) groups is 1. The Morgan fingerprint density at radius 2 is 2.37 bits per heavy atom. The Balaban J connectivity index is 2.08. The van der Waals surface area contributed by atoms with Crippen molar-refractivity contribution in [1.29, 1.82) is 0 Å². The number of hydrogen-bond acceptors (Lipinski definition) is 4. The fraction of sp³-hybridized carbons (Fsp3) is 0.571. The Labute approximate surface area is 118 Å². The highest BCUT2D eigenvalue weighted by molar-refractivity contribution is 7.99. The Hall–Kier alpha value is -1.23. The van der Waals surface area contributed by atoms with Crippen molar-refractivity contribution in [1.82, 2.24) is 4.98 Å². The molecule has 1 saturated carbocycles. The summed E-state index contributed by atoms with van der Waals surface area (Å²) in [4.78, 5) is 15.5. The van der Waals surface area contributed by atoms with Gasteiger partial charge in [0, 0.05) is 17.5 Å². The highest BCUT2D eigenvalue weighted by Crippen LogP contribution is 2.32. The van der Waals surface area contributed by atoms with Crippen molar-refractivity contribution in [3.63, 3.8) is 0 Å². The molecule has 0 aliphatic heterocycles. The van der Waals surface area contributed by atoms with Crippen molar-refractivity contribution < 1.29 is 9.90 Å². The number of aromatic nitrogens is 1. The second kappa shape index (κ2) is 6.28. The minimum absolute atomic E-state index is 0.300. The molecule has 104 valence electrons. The van der Waals surface area contributed by atoms with Crippen LogP contribution in [0.1, 0.15) is 42.1 Å². The molecule has 1 aromatic rings. The van der Waals surface area contributed by atoms with Gasteiger partial charge in [-0.1, -0.05) is 6.92 Å². The zero-order valence-corrected chi connectivity index (χ0v) is 12.2. The number of anilines is 1. The molecule has 1 fully saturated rings. The summed E-state index contributed by atoms with van der Waals surface area (Å²) in [5, 5.41) is 13.3. The van der Waals surface area contributed by atoms with Crippen LogP contribution in [0.15, 0.2) is 12.3 Å². The Kier molecular flexibility index (Phi) is 4.69. The van der Waals surface area contributed by atoms with Crippen molar-refractivity contribution >= 4 is 23.5 Å². The van der Waals surface area contributed by atoms with E-state index in [9.17, 15) is 9.90 Å². The third-order valence-electron chi connectivity index (χ3n) is 3.50. The summed E-state index contributed by atoms with van der Waals surface area (Å²) < 4.78 is 0. The van der Waals surface area contributed by atoms with Gasteiger partial charge in [0.1, 0.15) is 11.4 Å². The van der Waals surface area contributed by atoms with Gasteiger partial charge in [-0.15, -0.1) is 0 Å². The fourth-order valence-corrected chi connectivity index (χ4v) is 3.73. The number of carboxylic acids is 1. The molecule has 0 spiro atoms. The van der Waals surface area contributed by atoms with Gasteiger partial charge in [0.15, 0.2) is 0 Å². The predicted molar refractivity (Wildman–Crippen MR) is 79.1 cm³/mol. The summed E-state index contributed by atoms with van der Waals surface area (Å²) in [5.41, 5.74) is 1.05. The lowest BCUT2D eigenvalue weighted by atomic mass is 10.1. The van der Waals surface area contributed by atoms with Crippen molar-refractivity contribution in [2.24, 2.45) is 0 Å². The lowest BCUT2D eigenvalue weighted by Gasteiger charge is -2.16. The number of nitrogens with one attached hydrogen (secondary N) is 1. The maximum atomic E-state index is 11.3. The van der Waals surface area contributed by atoms with Crippen LogP contribution in [-0.4, -0.2) is 33.1 Å². The van der Waals surface area contributed by atoms with Gasteiger partial charge in [0.2, 0.25) is 0 Å². The molecule has 1 heterocycles. The number of carbonyl (C=O) groups is 1. The normalized spacial score (nSPS) is 22.4. The first-order valence-corrected chi connectivity index (χ1v) is 7.73. The van der Waals surface area contributed by atoms with Crippen LogP contribution >= 0.6 is 11.8 Å². The molecule has 2 atom stereocenters. The molecule has 0 saturated heterocycles. The van der Waals surface area contributed by atoms with Gasteiger partial charge in [-0.2, -0.15) is 11.8 Å². The molecule has 2 rings (SSSR count). The second-order valence-corrected chi connectivity index (χ2v) is 6.47. The van der Waals surface area contributed by atoms with E-state index in [0.717, 1.165) is 24.2 Å². The largest absolute Gasteiger partial charge is 0.478 e. The van der Waals surface area contributed by atoms with Crippen LogP contribution in [0.25, 0.3) is 0 Å². The molecule has 0 aromatic carbocycles. The molecular formula is C14H20N2O2S. The molecule has 2 unspecified atom stereocenters. The Morgan fingerprint density at radius 3 is 3.05 bits per heavy atom. The van der Waals surface area contributed by atoms with Crippen molar-refractivity contribution in [3.8, 4) is 0 Å². The van der Waals surface area contributed by atoms with E-state index in [1.165, 1.54) is 6.42 Å². The molecule has 1 aromatic heterocycles. The standard InChI is InChI=1S/C14H20N2O2S/c1-3-19-11-5-4-10(8-11)16-13-12(14(17)18)9(2)6-7-15-13/h6-7,10-11H,3-5,8H2,1-2H3,(H,15,16)(H,17,18). The van der Waals surface area contributed by atoms with E-state index >= 15 is 0 Å². The lowest BCUT2D eigenvalue weighted by Crippen LogP contribution is -2.19. The first-order valence-electron chi connectivity index (χ1n) is 6.68. The third kappa shape index (κ3) is 3.41. The molecule has 1 aliphatic carbocycles. The van der Waals surface area contributed by atoms with Gasteiger partial charge in [-0.05, 0) is 43.6 Å². The molecule has 0 bridgehead atoms. The van der Waals surface area contributed by atoms with Crippen LogP contribution in [0.2, 0.25) is 0 Å². The molecule has 1 aliphatic rings. The number of rotatable bonds is 5. The first kappa shape index (κ1) is 14.2. The summed E-state index contributed by atoms with van der Waals surface area (Å²) in [6.07, 6.45) is 5.04. The minimum Gasteiger partial charge on any atom is -0.478 e. The van der Waals surface area contributed by atoms with E-state index in [2.05, 4.69) is 17.2 Å². The van der Waals surface area contributed by atoms with Crippen LogP contribution in [0.4, 0.5) is 5.82 Å². The van der Waals surface area contributed by atoms with E-state index in [4.69, 9.17) is 0 Å². The average molecular weight is 280 g/mol. The average Bonchev–Trinajstić information content (AvgIpc) is 2.76. The van der Waals surface area contributed by atoms with Crippen LogP contribution in [0.5, 0.6) is 0 Å². The van der Waals surface area contributed by atoms with E-state index in [1.54, 1.807) is 19.2 Å². The molecule has 0 radical (unpaired) electrons. The predicted octanol–water partition coefficient (Wildman–Crippen LogP) is 3.17. The summed E-state index contributed by atoms with van der Waals surface area (Å²) in [5.74, 6) is 0.741. The summed E-state index contributed by atoms with van der Waals surface area (Å²) in [6.45, 7) is 3.98. The highest BCUT2D eigenvalue weighted by Gasteiger charge is 2.26. The van der Waals surface area contributed by atoms with Gasteiger partial charge in [0.05, 0.1) is 0 Å². The number of aryl methyl sites for hydroxylation is 1. The van der Waals surface area contributed by atoms with E-state index < -0.39 is 5.97 Å². The quantitative estimate of drug-likeness (QED) is 0.867. The molecular weight excluding hydrogens is 260 g/mol. The van der Waals surface area contributed by atoms with Crippen LogP contribution in [0.3, 0.4) is 0 Å². The van der Waals surface area contributed by atoms with Crippen LogP contribution < -0.4 is 5.32 Å². The SMILES string of the molecule is CCSC1CCC(Nc2nccc(C)c2C(=O)O)C1. The van der Waals surface area contributed by atoms with Crippen LogP contribution in [-0.2, 0) is 0 Å². The van der Waals surface area contributed by atoms with Gasteiger partial charge in [-0.3, -0.25) is 0 Å². The first-order chi connectivity index (χ1) is 9.11. The van der Waals surface area contributed by atoms with E-state index in [1.807, 2.05) is 11.8 Å². The smallest absolute Gasteiger partial charge is 0.339 e. The Morgan fingerprint density at radius 1 is 1.58 bits per heavy atom. The monoisotopic (exact) mass is 280 g/mol. The second-order valence-electron chi connectivity index (χ2n) is 4.89. The number of nitrogens with zero attached hydrogens (tertiary/aromatic N) is 1. The van der Waals surface area contributed by atoms with Crippen LogP contribution in [0, 0.1) is 6.92 Å². The third-order valence-corrected chi connectivity index (χ3v) is 4.73. The number of carboxylic acid groups (broad SMARTS) is 1. The number of aromatic carboxylic acids is 1.